The summed E-state index contributed by atoms with van der Waals surface area (Å²) in [5.41, 5.74) is 2.18. The van der Waals surface area contributed by atoms with Crippen LogP contribution in [0.3, 0.4) is 0 Å². The second-order valence-electron chi connectivity index (χ2n) is 7.62. The fourth-order valence-electron chi connectivity index (χ4n) is 3.67. The molecule has 1 aliphatic rings. The van der Waals surface area contributed by atoms with Gasteiger partial charge in [0.15, 0.2) is 0 Å². The van der Waals surface area contributed by atoms with Crippen LogP contribution in [0.5, 0.6) is 5.75 Å². The van der Waals surface area contributed by atoms with Gasteiger partial charge in [-0.3, -0.25) is 4.79 Å². The third-order valence-electron chi connectivity index (χ3n) is 5.47. The van der Waals surface area contributed by atoms with Crippen molar-refractivity contribution in [1.29, 1.82) is 0 Å². The molecule has 0 unspecified atom stereocenters. The summed E-state index contributed by atoms with van der Waals surface area (Å²) in [6, 6.07) is 21.6. The number of hydrogen-bond acceptors (Lipinski definition) is 4. The zero-order valence-corrected chi connectivity index (χ0v) is 18.7. The highest BCUT2D eigenvalue weighted by atomic mass is 32.1. The van der Waals surface area contributed by atoms with E-state index in [1.165, 1.54) is 11.3 Å². The van der Waals surface area contributed by atoms with Gasteiger partial charge in [-0.1, -0.05) is 54.6 Å². The van der Waals surface area contributed by atoms with E-state index in [9.17, 15) is 9.59 Å². The summed E-state index contributed by atoms with van der Waals surface area (Å²) < 4.78 is 6.00. The van der Waals surface area contributed by atoms with Crippen molar-refractivity contribution >= 4 is 23.3 Å². The smallest absolute Gasteiger partial charge is 0.317 e. The Kier molecular flexibility index (Phi) is 7.40. The fourth-order valence-corrected chi connectivity index (χ4v) is 4.36. The Labute approximate surface area is 192 Å². The maximum atomic E-state index is 12.6. The van der Waals surface area contributed by atoms with Gasteiger partial charge >= 0.3 is 6.03 Å². The number of para-hydroxylation sites is 1. The van der Waals surface area contributed by atoms with Gasteiger partial charge in [0.1, 0.15) is 12.4 Å². The predicted octanol–water partition coefficient (Wildman–Crippen LogP) is 4.04. The van der Waals surface area contributed by atoms with Gasteiger partial charge in [-0.15, -0.1) is 11.3 Å². The van der Waals surface area contributed by atoms with Gasteiger partial charge in [0.25, 0.3) is 5.91 Å². The first-order valence-corrected chi connectivity index (χ1v) is 11.7. The van der Waals surface area contributed by atoms with Crippen LogP contribution in [0, 0.1) is 0 Å². The SMILES string of the molecule is O=C(NCCc1ccccc1OCc1ccccc1)N1CCN(C(=O)c2cccs2)CC1. The van der Waals surface area contributed by atoms with Crippen LogP contribution < -0.4 is 10.1 Å². The van der Waals surface area contributed by atoms with Gasteiger partial charge in [0.2, 0.25) is 0 Å². The number of ether oxygens (including phenoxy) is 1. The average Bonchev–Trinajstić information content (AvgIpc) is 3.39. The highest BCUT2D eigenvalue weighted by molar-refractivity contribution is 7.12. The van der Waals surface area contributed by atoms with Gasteiger partial charge < -0.3 is 19.9 Å². The third kappa shape index (κ3) is 5.68. The molecule has 1 saturated heterocycles. The highest BCUT2D eigenvalue weighted by Crippen LogP contribution is 2.20. The van der Waals surface area contributed by atoms with Gasteiger partial charge in [0.05, 0.1) is 4.88 Å². The quantitative estimate of drug-likeness (QED) is 0.592. The molecule has 32 heavy (non-hydrogen) atoms. The van der Waals surface area contributed by atoms with Crippen molar-refractivity contribution < 1.29 is 14.3 Å². The number of nitrogens with zero attached hydrogens (tertiary/aromatic N) is 2. The highest BCUT2D eigenvalue weighted by Gasteiger charge is 2.25. The van der Waals surface area contributed by atoms with E-state index in [1.54, 1.807) is 4.90 Å². The van der Waals surface area contributed by atoms with Crippen molar-refractivity contribution in [2.75, 3.05) is 32.7 Å². The number of carbonyl (C=O) groups excluding carboxylic acids is 2. The molecule has 3 aromatic rings. The molecule has 1 aromatic heterocycles. The first-order valence-electron chi connectivity index (χ1n) is 10.8. The van der Waals surface area contributed by atoms with E-state index in [-0.39, 0.29) is 11.9 Å². The first-order chi connectivity index (χ1) is 15.7. The Morgan fingerprint density at radius 1 is 0.875 bits per heavy atom. The lowest BCUT2D eigenvalue weighted by Gasteiger charge is -2.34. The number of nitrogens with one attached hydrogen (secondary N) is 1. The minimum absolute atomic E-state index is 0.0483. The maximum Gasteiger partial charge on any atom is 0.317 e. The average molecular weight is 450 g/mol. The Bertz CT molecular complexity index is 1020. The fraction of sp³-hybridized carbons (Fsp3) is 0.280. The first kappa shape index (κ1) is 21.9. The van der Waals surface area contributed by atoms with Crippen LogP contribution >= 0.6 is 11.3 Å². The normalized spacial score (nSPS) is 13.6. The van der Waals surface area contributed by atoms with Gasteiger partial charge in [0, 0.05) is 32.7 Å². The van der Waals surface area contributed by atoms with Crippen LogP contribution in [-0.4, -0.2) is 54.5 Å². The van der Waals surface area contributed by atoms with E-state index in [0.717, 1.165) is 21.8 Å². The van der Waals surface area contributed by atoms with Crippen molar-refractivity contribution in [3.8, 4) is 5.75 Å². The molecule has 1 aliphatic heterocycles. The predicted molar refractivity (Wildman–Crippen MR) is 126 cm³/mol. The standard InChI is InChI=1S/C25H27N3O3S/c29-24(23-11-6-18-32-23)27-14-16-28(17-15-27)25(30)26-13-12-21-9-4-5-10-22(21)31-19-20-7-2-1-3-8-20/h1-11,18H,12-17,19H2,(H,26,30). The molecule has 4 rings (SSSR count). The van der Waals surface area contributed by atoms with Crippen molar-refractivity contribution in [3.63, 3.8) is 0 Å². The molecule has 1 N–H and O–H groups in total. The topological polar surface area (TPSA) is 61.9 Å². The number of hydrogen-bond donors (Lipinski definition) is 1. The monoisotopic (exact) mass is 449 g/mol. The number of piperazine rings is 1. The van der Waals surface area contributed by atoms with Gasteiger partial charge in [-0.2, -0.15) is 0 Å². The van der Waals surface area contributed by atoms with Crippen molar-refractivity contribution in [3.05, 3.63) is 88.1 Å². The molecule has 0 aliphatic carbocycles. The molecule has 0 spiro atoms. The largest absolute Gasteiger partial charge is 0.489 e. The summed E-state index contributed by atoms with van der Waals surface area (Å²) in [4.78, 5) is 29.4. The minimum atomic E-state index is -0.0871. The molecule has 0 radical (unpaired) electrons. The molecular formula is C25H27N3O3S. The Hall–Kier alpha value is -3.32. The number of amides is 3. The van der Waals surface area contributed by atoms with E-state index in [1.807, 2.05) is 77.0 Å². The van der Waals surface area contributed by atoms with Crippen molar-refractivity contribution in [2.45, 2.75) is 13.0 Å². The minimum Gasteiger partial charge on any atom is -0.489 e. The lowest BCUT2D eigenvalue weighted by atomic mass is 10.1. The number of rotatable bonds is 7. The molecule has 0 atom stereocenters. The lowest BCUT2D eigenvalue weighted by Crippen LogP contribution is -2.53. The van der Waals surface area contributed by atoms with Crippen LogP contribution in [0.1, 0.15) is 20.8 Å². The van der Waals surface area contributed by atoms with Crippen LogP contribution in [0.2, 0.25) is 0 Å². The lowest BCUT2D eigenvalue weighted by molar-refractivity contribution is 0.0670. The summed E-state index contributed by atoms with van der Waals surface area (Å²) in [6.45, 7) is 3.23. The van der Waals surface area contributed by atoms with E-state index in [2.05, 4.69) is 5.32 Å². The van der Waals surface area contributed by atoms with E-state index in [0.29, 0.717) is 45.8 Å². The molecule has 1 fully saturated rings. The Balaban J connectivity index is 1.22. The molecule has 2 aromatic carbocycles. The Morgan fingerprint density at radius 3 is 2.34 bits per heavy atom. The van der Waals surface area contributed by atoms with Crippen LogP contribution in [-0.2, 0) is 13.0 Å². The van der Waals surface area contributed by atoms with Crippen LogP contribution in [0.4, 0.5) is 4.79 Å². The van der Waals surface area contributed by atoms with Crippen molar-refractivity contribution in [1.82, 2.24) is 15.1 Å². The summed E-state index contributed by atoms with van der Waals surface area (Å²) >= 11 is 1.45. The van der Waals surface area contributed by atoms with Crippen molar-refractivity contribution in [2.24, 2.45) is 0 Å². The molecule has 2 heterocycles. The maximum absolute atomic E-state index is 12.6. The van der Waals surface area contributed by atoms with Gasteiger partial charge in [-0.05, 0) is 35.1 Å². The van der Waals surface area contributed by atoms with E-state index >= 15 is 0 Å². The van der Waals surface area contributed by atoms with Gasteiger partial charge in [-0.25, -0.2) is 4.79 Å². The zero-order valence-electron chi connectivity index (χ0n) is 17.9. The second-order valence-corrected chi connectivity index (χ2v) is 8.57. The number of benzene rings is 2. The number of carbonyl (C=O) groups is 2. The van der Waals surface area contributed by atoms with Crippen LogP contribution in [0.25, 0.3) is 0 Å². The molecule has 166 valence electrons. The Morgan fingerprint density at radius 2 is 1.59 bits per heavy atom. The van der Waals surface area contributed by atoms with Crippen LogP contribution in [0.15, 0.2) is 72.1 Å². The molecule has 3 amide bonds. The molecular weight excluding hydrogens is 422 g/mol. The molecule has 7 heteroatoms. The summed E-state index contributed by atoms with van der Waals surface area (Å²) in [6.07, 6.45) is 0.688. The zero-order chi connectivity index (χ0) is 22.2. The number of urea groups is 1. The number of thiophene rings is 1. The second kappa shape index (κ2) is 10.8. The third-order valence-corrected chi connectivity index (χ3v) is 6.32. The van der Waals surface area contributed by atoms with E-state index < -0.39 is 0 Å². The van der Waals surface area contributed by atoms with E-state index in [4.69, 9.17) is 4.74 Å². The molecule has 0 saturated carbocycles. The summed E-state index contributed by atoms with van der Waals surface area (Å²) in [7, 11) is 0. The molecule has 6 nitrogen and oxygen atoms in total. The summed E-state index contributed by atoms with van der Waals surface area (Å²) in [5, 5.41) is 4.91. The summed E-state index contributed by atoms with van der Waals surface area (Å²) in [5.74, 6) is 0.887. The molecule has 0 bridgehead atoms.